The summed E-state index contributed by atoms with van der Waals surface area (Å²) in [6, 6.07) is 0. The summed E-state index contributed by atoms with van der Waals surface area (Å²) in [4.78, 5) is 26.2. The van der Waals surface area contributed by atoms with Gasteiger partial charge < -0.3 is 13.9 Å². The van der Waals surface area contributed by atoms with Gasteiger partial charge in [-0.1, -0.05) is 27.7 Å². The van der Waals surface area contributed by atoms with Crippen molar-refractivity contribution >= 4 is 8.32 Å². The van der Waals surface area contributed by atoms with E-state index >= 15 is 0 Å². The van der Waals surface area contributed by atoms with E-state index in [-0.39, 0.29) is 22.6 Å². The lowest BCUT2D eigenvalue weighted by molar-refractivity contribution is -0.0962. The third kappa shape index (κ3) is 3.05. The van der Waals surface area contributed by atoms with Gasteiger partial charge in [-0.25, -0.2) is 4.79 Å². The molecular weight excluding hydrogens is 340 g/mol. The second kappa shape index (κ2) is 5.64. The summed E-state index contributed by atoms with van der Waals surface area (Å²) in [5.74, 6) is -0.858. The van der Waals surface area contributed by atoms with E-state index in [9.17, 15) is 9.59 Å². The van der Waals surface area contributed by atoms with E-state index in [2.05, 4.69) is 38.8 Å². The number of hydrogen-bond acceptors (Lipinski definition) is 5. The van der Waals surface area contributed by atoms with Crippen LogP contribution in [-0.4, -0.2) is 36.4 Å². The average Bonchev–Trinajstić information content (AvgIpc) is 3.20. The molecule has 0 aromatic carbocycles. The van der Waals surface area contributed by atoms with Crippen molar-refractivity contribution in [3.8, 4) is 0 Å². The Morgan fingerprint density at radius 1 is 1.36 bits per heavy atom. The van der Waals surface area contributed by atoms with Crippen LogP contribution in [0, 0.1) is 12.8 Å². The number of nitrogens with one attached hydrogen (secondary N) is 1. The minimum Gasteiger partial charge on any atom is -0.408 e. The molecule has 2 aliphatic heterocycles. The highest BCUT2D eigenvalue weighted by Gasteiger charge is 2.65. The molecule has 0 amide bonds. The Labute approximate surface area is 148 Å². The van der Waals surface area contributed by atoms with E-state index in [4.69, 9.17) is 13.9 Å². The number of ether oxygens (including phenoxy) is 2. The van der Waals surface area contributed by atoms with Crippen molar-refractivity contribution in [3.63, 3.8) is 0 Å². The molecule has 4 unspecified atom stereocenters. The highest BCUT2D eigenvalue weighted by Crippen LogP contribution is 2.52. The molecule has 2 fully saturated rings. The van der Waals surface area contributed by atoms with Crippen molar-refractivity contribution in [1.29, 1.82) is 0 Å². The molecule has 0 aliphatic carbocycles. The van der Waals surface area contributed by atoms with Crippen LogP contribution >= 0.6 is 0 Å². The molecule has 3 rings (SSSR count). The first kappa shape index (κ1) is 18.6. The second-order valence-electron chi connectivity index (χ2n) is 8.75. The molecule has 4 atom stereocenters. The van der Waals surface area contributed by atoms with Crippen molar-refractivity contribution in [2.45, 2.75) is 70.9 Å². The summed E-state index contributed by atoms with van der Waals surface area (Å²) in [5, 5.41) is 0.0618. The van der Waals surface area contributed by atoms with Crippen molar-refractivity contribution in [2.24, 2.45) is 5.92 Å². The quantitative estimate of drug-likeness (QED) is 0.652. The largest absolute Gasteiger partial charge is 0.408 e. The highest BCUT2D eigenvalue weighted by atomic mass is 28.4. The molecule has 0 bridgehead atoms. The number of aromatic amines is 1. The van der Waals surface area contributed by atoms with Gasteiger partial charge in [0.15, 0.2) is 8.32 Å². The number of nitrogens with zero attached hydrogens (tertiary/aromatic N) is 1. The Balaban J connectivity index is 1.94. The minimum atomic E-state index is -2.03. The van der Waals surface area contributed by atoms with Gasteiger partial charge in [-0.15, -0.1) is 0 Å². The van der Waals surface area contributed by atoms with Gasteiger partial charge in [0.2, 0.25) is 5.79 Å². The van der Waals surface area contributed by atoms with Crippen LogP contribution in [0.25, 0.3) is 0 Å². The Kier molecular flexibility index (Phi) is 4.19. The second-order valence-corrected chi connectivity index (χ2v) is 13.5. The van der Waals surface area contributed by atoms with Gasteiger partial charge in [0, 0.05) is 17.7 Å². The third-order valence-electron chi connectivity index (χ3n) is 5.76. The van der Waals surface area contributed by atoms with Crippen LogP contribution in [-0.2, 0) is 13.9 Å². The first-order chi connectivity index (χ1) is 11.4. The molecule has 1 aromatic heterocycles. The minimum absolute atomic E-state index is 0.0618. The van der Waals surface area contributed by atoms with Crippen molar-refractivity contribution in [2.75, 3.05) is 6.61 Å². The van der Waals surface area contributed by atoms with E-state index in [0.29, 0.717) is 12.2 Å². The van der Waals surface area contributed by atoms with Gasteiger partial charge in [-0.3, -0.25) is 14.3 Å². The predicted octanol–water partition coefficient (Wildman–Crippen LogP) is 2.13. The molecule has 140 valence electrons. The fourth-order valence-electron chi connectivity index (χ4n) is 3.01. The summed E-state index contributed by atoms with van der Waals surface area (Å²) >= 11 is 0. The summed E-state index contributed by atoms with van der Waals surface area (Å²) in [7, 11) is -2.03. The van der Waals surface area contributed by atoms with Crippen molar-refractivity contribution < 1.29 is 13.9 Å². The number of H-pyrrole nitrogens is 1. The van der Waals surface area contributed by atoms with Gasteiger partial charge in [0.1, 0.15) is 18.9 Å². The average molecular weight is 369 g/mol. The number of aryl methyl sites for hydroxylation is 1. The fourth-order valence-corrected chi connectivity index (χ4v) is 4.39. The number of epoxide rings is 1. The Bertz CT molecular complexity index is 787. The molecule has 1 aromatic rings. The smallest absolute Gasteiger partial charge is 0.330 e. The number of hydrogen-bond donors (Lipinski definition) is 1. The van der Waals surface area contributed by atoms with Gasteiger partial charge in [-0.2, -0.15) is 0 Å². The Morgan fingerprint density at radius 3 is 2.48 bits per heavy atom. The lowest BCUT2D eigenvalue weighted by atomic mass is 10.0. The zero-order valence-corrected chi connectivity index (χ0v) is 17.0. The van der Waals surface area contributed by atoms with Crippen LogP contribution < -0.4 is 11.2 Å². The Morgan fingerprint density at radius 2 is 1.96 bits per heavy atom. The van der Waals surface area contributed by atoms with E-state index in [0.717, 1.165) is 0 Å². The lowest BCUT2D eigenvalue weighted by Gasteiger charge is -2.39. The standard InChI is InChI=1S/C17H28N2O5Si/c1-10-8-19(15(21)18-13(10)20)14-11(2)12(17(23-14)9-22-17)24-25(6,7)16(3,4)5/h8,11-12,14H,9H2,1-7H3,(H,18,20,21). The maximum absolute atomic E-state index is 12.3. The zero-order valence-electron chi connectivity index (χ0n) is 16.0. The zero-order chi connectivity index (χ0) is 18.8. The van der Waals surface area contributed by atoms with Crippen LogP contribution in [0.1, 0.15) is 39.5 Å². The summed E-state index contributed by atoms with van der Waals surface area (Å²) < 4.78 is 19.8. The molecule has 2 saturated heterocycles. The molecular formula is C17H28N2O5Si. The van der Waals surface area contributed by atoms with Crippen molar-refractivity contribution in [1.82, 2.24) is 9.55 Å². The summed E-state index contributed by atoms with van der Waals surface area (Å²) in [5.41, 5.74) is -0.385. The normalized spacial score (nSPS) is 32.4. The Hall–Kier alpha value is -1.22. The van der Waals surface area contributed by atoms with Gasteiger partial charge in [0.25, 0.3) is 5.56 Å². The molecule has 8 heteroatoms. The summed E-state index contributed by atoms with van der Waals surface area (Å²) in [6.07, 6.45) is 0.783. The van der Waals surface area contributed by atoms with E-state index in [1.165, 1.54) is 4.57 Å². The van der Waals surface area contributed by atoms with E-state index in [1.807, 2.05) is 6.92 Å². The first-order valence-corrected chi connectivity index (χ1v) is 11.6. The fraction of sp³-hybridized carbons (Fsp3) is 0.765. The van der Waals surface area contributed by atoms with Crippen LogP contribution in [0.4, 0.5) is 0 Å². The van der Waals surface area contributed by atoms with Gasteiger partial charge >= 0.3 is 5.69 Å². The maximum atomic E-state index is 12.3. The molecule has 7 nitrogen and oxygen atoms in total. The monoisotopic (exact) mass is 368 g/mol. The predicted molar refractivity (Wildman–Crippen MR) is 96.1 cm³/mol. The highest BCUT2D eigenvalue weighted by molar-refractivity contribution is 6.74. The van der Waals surface area contributed by atoms with E-state index < -0.39 is 26.0 Å². The molecule has 1 N–H and O–H groups in total. The van der Waals surface area contributed by atoms with Gasteiger partial charge in [0.05, 0.1) is 0 Å². The third-order valence-corrected chi connectivity index (χ3v) is 10.2. The number of rotatable bonds is 3. The SMILES string of the molecule is Cc1cn(C2OC3(CO3)C(O[Si](C)(C)C(C)(C)C)C2C)c(=O)[nH]c1=O. The van der Waals surface area contributed by atoms with Crippen molar-refractivity contribution in [3.05, 3.63) is 32.6 Å². The maximum Gasteiger partial charge on any atom is 0.330 e. The molecule has 1 spiro atoms. The topological polar surface area (TPSA) is 85.8 Å². The number of aromatic nitrogens is 2. The summed E-state index contributed by atoms with van der Waals surface area (Å²) in [6.45, 7) is 15.1. The van der Waals surface area contributed by atoms with Gasteiger partial charge in [-0.05, 0) is 25.1 Å². The molecule has 25 heavy (non-hydrogen) atoms. The molecule has 0 radical (unpaired) electrons. The van der Waals surface area contributed by atoms with Crippen LogP contribution in [0.2, 0.25) is 18.1 Å². The van der Waals surface area contributed by atoms with Crippen LogP contribution in [0.5, 0.6) is 0 Å². The molecule has 3 heterocycles. The molecule has 0 saturated carbocycles. The van der Waals surface area contributed by atoms with E-state index in [1.54, 1.807) is 13.1 Å². The van der Waals surface area contributed by atoms with Crippen LogP contribution in [0.3, 0.4) is 0 Å². The lowest BCUT2D eigenvalue weighted by Crippen LogP contribution is -2.48. The van der Waals surface area contributed by atoms with Crippen LogP contribution in [0.15, 0.2) is 15.8 Å². The molecule has 2 aliphatic rings. The first-order valence-electron chi connectivity index (χ1n) is 8.70.